The Labute approximate surface area is 140 Å². The van der Waals surface area contributed by atoms with Gasteiger partial charge in [0.05, 0.1) is 19.8 Å². The van der Waals surface area contributed by atoms with E-state index in [2.05, 4.69) is 6.58 Å². The lowest BCUT2D eigenvalue weighted by molar-refractivity contribution is -0.160. The first-order valence-electron chi connectivity index (χ1n) is 7.55. The molecule has 130 valence electrons. The number of carboxylic acids is 1. The number of carboxylic acid groups (broad SMARTS) is 1. The topological polar surface area (TPSA) is 85.3 Å². The predicted octanol–water partition coefficient (Wildman–Crippen LogP) is 1.57. The molecular weight excluding hydrogens is 314 g/mol. The highest BCUT2D eigenvalue weighted by atomic mass is 16.5. The Morgan fingerprint density at radius 3 is 2.79 bits per heavy atom. The van der Waals surface area contributed by atoms with Crippen LogP contribution in [-0.2, 0) is 9.53 Å². The summed E-state index contributed by atoms with van der Waals surface area (Å²) in [6.07, 6.45) is 0.246. The van der Waals surface area contributed by atoms with Crippen LogP contribution in [0.25, 0.3) is 0 Å². The Bertz CT molecular complexity index is 630. The molecule has 0 saturated carbocycles. The molecule has 2 rings (SSSR count). The first-order chi connectivity index (χ1) is 11.5. The Kier molecular flexibility index (Phi) is 5.81. The third kappa shape index (κ3) is 4.05. The van der Waals surface area contributed by atoms with Crippen molar-refractivity contribution in [1.82, 2.24) is 4.90 Å². The van der Waals surface area contributed by atoms with Gasteiger partial charge in [-0.1, -0.05) is 12.7 Å². The highest BCUT2D eigenvalue weighted by Gasteiger charge is 2.33. The number of hydrogen-bond acceptors (Lipinski definition) is 5. The van der Waals surface area contributed by atoms with Crippen molar-refractivity contribution < 1.29 is 28.9 Å². The van der Waals surface area contributed by atoms with Gasteiger partial charge in [-0.25, -0.2) is 4.79 Å². The minimum Gasteiger partial charge on any atom is -0.493 e. The maximum Gasteiger partial charge on any atom is 0.334 e. The monoisotopic (exact) mass is 335 g/mol. The Hall–Kier alpha value is -2.54. The van der Waals surface area contributed by atoms with Crippen molar-refractivity contribution >= 4 is 11.9 Å². The van der Waals surface area contributed by atoms with Gasteiger partial charge in [0.15, 0.2) is 17.6 Å². The van der Waals surface area contributed by atoms with Crippen LogP contribution in [0.4, 0.5) is 0 Å². The molecular formula is C17H21NO6. The average molecular weight is 335 g/mol. The number of carbonyl (C=O) groups is 2. The molecule has 1 aliphatic rings. The van der Waals surface area contributed by atoms with Crippen LogP contribution in [0.3, 0.4) is 0 Å². The molecule has 2 atom stereocenters. The van der Waals surface area contributed by atoms with E-state index in [-0.39, 0.29) is 18.6 Å². The summed E-state index contributed by atoms with van der Waals surface area (Å²) in [4.78, 5) is 25.3. The van der Waals surface area contributed by atoms with Crippen LogP contribution < -0.4 is 9.47 Å². The number of hydrogen-bond donors (Lipinski definition) is 1. The van der Waals surface area contributed by atoms with Crippen molar-refractivity contribution in [3.63, 3.8) is 0 Å². The highest BCUT2D eigenvalue weighted by Crippen LogP contribution is 2.29. The number of ether oxygens (including phenoxy) is 3. The second-order valence-corrected chi connectivity index (χ2v) is 5.45. The van der Waals surface area contributed by atoms with Crippen LogP contribution in [0.5, 0.6) is 11.5 Å². The minimum atomic E-state index is -1.08. The molecule has 1 N–H and O–H groups in total. The lowest BCUT2D eigenvalue weighted by Crippen LogP contribution is -2.51. The Morgan fingerprint density at radius 1 is 1.42 bits per heavy atom. The van der Waals surface area contributed by atoms with E-state index < -0.39 is 12.1 Å². The standard InChI is InChI=1S/C17H21NO6/c1-4-7-23-13-6-5-12(8-14(13)22-3)16(19)18-9-11(2)24-15(10-18)17(20)21/h4-6,8,11,15H,1,7,9-10H2,2-3H3,(H,20,21)/t11-,15?/m1/s1. The molecule has 0 spiro atoms. The number of benzene rings is 1. The third-order valence-corrected chi connectivity index (χ3v) is 3.59. The number of nitrogens with zero attached hydrogens (tertiary/aromatic N) is 1. The quantitative estimate of drug-likeness (QED) is 0.795. The summed E-state index contributed by atoms with van der Waals surface area (Å²) in [7, 11) is 1.49. The summed E-state index contributed by atoms with van der Waals surface area (Å²) >= 11 is 0. The van der Waals surface area contributed by atoms with E-state index in [1.165, 1.54) is 12.0 Å². The summed E-state index contributed by atoms with van der Waals surface area (Å²) in [5.41, 5.74) is 0.399. The van der Waals surface area contributed by atoms with Crippen LogP contribution in [0.2, 0.25) is 0 Å². The van der Waals surface area contributed by atoms with Gasteiger partial charge >= 0.3 is 5.97 Å². The van der Waals surface area contributed by atoms with Crippen molar-refractivity contribution in [1.29, 1.82) is 0 Å². The SMILES string of the molecule is C=CCOc1ccc(C(=O)N2CC(C(=O)O)O[C@H](C)C2)cc1OC. The second-order valence-electron chi connectivity index (χ2n) is 5.45. The molecule has 1 amide bonds. The van der Waals surface area contributed by atoms with E-state index in [1.807, 2.05) is 0 Å². The Balaban J connectivity index is 2.19. The highest BCUT2D eigenvalue weighted by molar-refractivity contribution is 5.95. The minimum absolute atomic E-state index is 0.00946. The summed E-state index contributed by atoms with van der Waals surface area (Å²) in [5, 5.41) is 9.12. The predicted molar refractivity (Wildman–Crippen MR) is 86.6 cm³/mol. The van der Waals surface area contributed by atoms with Crippen LogP contribution in [0, 0.1) is 0 Å². The number of amides is 1. The maximum atomic E-state index is 12.7. The molecule has 0 radical (unpaired) electrons. The first kappa shape index (κ1) is 17.8. The molecule has 1 aliphatic heterocycles. The van der Waals surface area contributed by atoms with Gasteiger partial charge < -0.3 is 24.2 Å². The van der Waals surface area contributed by atoms with Gasteiger partial charge in [-0.2, -0.15) is 0 Å². The van der Waals surface area contributed by atoms with Gasteiger partial charge in [0.2, 0.25) is 0 Å². The van der Waals surface area contributed by atoms with Crippen molar-refractivity contribution in [3.8, 4) is 11.5 Å². The average Bonchev–Trinajstić information content (AvgIpc) is 2.58. The van der Waals surface area contributed by atoms with E-state index in [0.29, 0.717) is 30.2 Å². The van der Waals surface area contributed by atoms with Gasteiger partial charge in [0, 0.05) is 12.1 Å². The normalized spacial score (nSPS) is 20.3. The third-order valence-electron chi connectivity index (χ3n) is 3.59. The van der Waals surface area contributed by atoms with E-state index in [0.717, 1.165) is 0 Å². The van der Waals surface area contributed by atoms with Gasteiger partial charge in [0.25, 0.3) is 5.91 Å². The summed E-state index contributed by atoms with van der Waals surface area (Å²) < 4.78 is 16.0. The molecule has 1 saturated heterocycles. The van der Waals surface area contributed by atoms with E-state index in [1.54, 1.807) is 31.2 Å². The van der Waals surface area contributed by atoms with Crippen LogP contribution in [-0.4, -0.2) is 60.9 Å². The van der Waals surface area contributed by atoms with Crippen molar-refractivity contribution in [2.45, 2.75) is 19.1 Å². The molecule has 1 fully saturated rings. The molecule has 1 heterocycles. The van der Waals surface area contributed by atoms with E-state index in [4.69, 9.17) is 19.3 Å². The zero-order valence-electron chi connectivity index (χ0n) is 13.7. The zero-order valence-corrected chi connectivity index (χ0v) is 13.7. The Morgan fingerprint density at radius 2 is 2.17 bits per heavy atom. The molecule has 0 bridgehead atoms. The van der Waals surface area contributed by atoms with Crippen LogP contribution in [0.15, 0.2) is 30.9 Å². The lowest BCUT2D eigenvalue weighted by Gasteiger charge is -2.35. The maximum absolute atomic E-state index is 12.7. The number of carbonyl (C=O) groups excluding carboxylic acids is 1. The molecule has 7 heteroatoms. The van der Waals surface area contributed by atoms with Gasteiger partial charge in [-0.05, 0) is 25.1 Å². The zero-order chi connectivity index (χ0) is 17.7. The number of methoxy groups -OCH3 is 1. The fraction of sp³-hybridized carbons (Fsp3) is 0.412. The fourth-order valence-electron chi connectivity index (χ4n) is 2.50. The van der Waals surface area contributed by atoms with Crippen molar-refractivity contribution in [2.75, 3.05) is 26.8 Å². The largest absolute Gasteiger partial charge is 0.493 e. The first-order valence-corrected chi connectivity index (χ1v) is 7.55. The van der Waals surface area contributed by atoms with Crippen molar-refractivity contribution in [3.05, 3.63) is 36.4 Å². The molecule has 1 aromatic carbocycles. The smallest absolute Gasteiger partial charge is 0.334 e. The molecule has 1 aromatic rings. The van der Waals surface area contributed by atoms with Gasteiger partial charge in [-0.3, -0.25) is 4.79 Å². The van der Waals surface area contributed by atoms with E-state index >= 15 is 0 Å². The van der Waals surface area contributed by atoms with Crippen molar-refractivity contribution in [2.24, 2.45) is 0 Å². The summed E-state index contributed by atoms with van der Waals surface area (Å²) in [6, 6.07) is 4.85. The summed E-state index contributed by atoms with van der Waals surface area (Å²) in [6.45, 7) is 5.99. The van der Waals surface area contributed by atoms with Crippen LogP contribution in [0.1, 0.15) is 17.3 Å². The van der Waals surface area contributed by atoms with E-state index in [9.17, 15) is 9.59 Å². The lowest BCUT2D eigenvalue weighted by atomic mass is 10.1. The number of aliphatic carboxylic acids is 1. The molecule has 1 unspecified atom stereocenters. The van der Waals surface area contributed by atoms with Gasteiger partial charge in [0.1, 0.15) is 6.61 Å². The number of rotatable bonds is 6. The molecule has 24 heavy (non-hydrogen) atoms. The fourth-order valence-corrected chi connectivity index (χ4v) is 2.50. The molecule has 0 aromatic heterocycles. The van der Waals surface area contributed by atoms with Crippen LogP contribution >= 0.6 is 0 Å². The number of morpholine rings is 1. The summed E-state index contributed by atoms with van der Waals surface area (Å²) in [5.74, 6) is -0.415. The van der Waals surface area contributed by atoms with Gasteiger partial charge in [-0.15, -0.1) is 0 Å². The molecule has 0 aliphatic carbocycles. The molecule has 7 nitrogen and oxygen atoms in total. The second kappa shape index (κ2) is 7.83.